The van der Waals surface area contributed by atoms with Gasteiger partial charge in [-0.3, -0.25) is 4.79 Å². The molecular formula is C14H17ClN2O2. The Labute approximate surface area is 117 Å². The number of ether oxygens (including phenoxy) is 1. The van der Waals surface area contributed by atoms with Gasteiger partial charge in [-0.15, -0.1) is 0 Å². The highest BCUT2D eigenvalue weighted by Crippen LogP contribution is 2.36. The van der Waals surface area contributed by atoms with E-state index in [0.717, 1.165) is 36.3 Å². The number of halogens is 1. The number of carbonyl (C=O) groups is 1. The average molecular weight is 281 g/mol. The molecule has 2 atom stereocenters. The van der Waals surface area contributed by atoms with E-state index in [9.17, 15) is 4.79 Å². The highest BCUT2D eigenvalue weighted by Gasteiger charge is 2.27. The van der Waals surface area contributed by atoms with Crippen LogP contribution in [-0.4, -0.2) is 19.1 Å². The van der Waals surface area contributed by atoms with Crippen molar-refractivity contribution in [1.82, 2.24) is 0 Å². The maximum Gasteiger partial charge on any atom is 0.228 e. The quantitative estimate of drug-likeness (QED) is 0.873. The number of hydrogen-bond acceptors (Lipinski definition) is 3. The number of anilines is 1. The fraction of sp³-hybridized carbons (Fsp3) is 0.500. The van der Waals surface area contributed by atoms with Crippen LogP contribution in [0, 0.1) is 5.92 Å². The van der Waals surface area contributed by atoms with E-state index in [0.29, 0.717) is 24.0 Å². The summed E-state index contributed by atoms with van der Waals surface area (Å²) in [7, 11) is 0. The largest absolute Gasteiger partial charge is 0.381 e. The summed E-state index contributed by atoms with van der Waals surface area (Å²) in [6.07, 6.45) is 2.51. The molecule has 0 bridgehead atoms. The Hall–Kier alpha value is -1.10. The molecule has 0 radical (unpaired) electrons. The van der Waals surface area contributed by atoms with Gasteiger partial charge >= 0.3 is 0 Å². The van der Waals surface area contributed by atoms with Crippen LogP contribution in [0.5, 0.6) is 0 Å². The Morgan fingerprint density at radius 1 is 1.47 bits per heavy atom. The lowest BCUT2D eigenvalue weighted by Gasteiger charge is -2.28. The van der Waals surface area contributed by atoms with Gasteiger partial charge in [-0.25, -0.2) is 0 Å². The maximum absolute atomic E-state index is 11.4. The predicted molar refractivity (Wildman–Crippen MR) is 74.3 cm³/mol. The summed E-state index contributed by atoms with van der Waals surface area (Å²) in [5.74, 6) is 0.312. The summed E-state index contributed by atoms with van der Waals surface area (Å²) in [4.78, 5) is 11.4. The monoisotopic (exact) mass is 280 g/mol. The number of hydrogen-bond donors (Lipinski definition) is 2. The van der Waals surface area contributed by atoms with E-state index in [2.05, 4.69) is 5.32 Å². The Morgan fingerprint density at radius 2 is 2.32 bits per heavy atom. The van der Waals surface area contributed by atoms with Gasteiger partial charge in [0.2, 0.25) is 5.91 Å². The van der Waals surface area contributed by atoms with Gasteiger partial charge in [0.05, 0.1) is 13.0 Å². The van der Waals surface area contributed by atoms with Gasteiger partial charge in [-0.2, -0.15) is 0 Å². The Balaban J connectivity index is 1.88. The van der Waals surface area contributed by atoms with Crippen LogP contribution < -0.4 is 11.1 Å². The van der Waals surface area contributed by atoms with Gasteiger partial charge in [-0.1, -0.05) is 17.7 Å². The van der Waals surface area contributed by atoms with Crippen molar-refractivity contribution in [1.29, 1.82) is 0 Å². The molecule has 4 nitrogen and oxygen atoms in total. The smallest absolute Gasteiger partial charge is 0.228 e. The molecule has 2 heterocycles. The van der Waals surface area contributed by atoms with Crippen LogP contribution in [-0.2, 0) is 16.0 Å². The number of amides is 1. The number of nitrogens with one attached hydrogen (secondary N) is 1. The molecule has 19 heavy (non-hydrogen) atoms. The van der Waals surface area contributed by atoms with Crippen molar-refractivity contribution in [2.75, 3.05) is 18.5 Å². The molecule has 2 aliphatic rings. The second kappa shape index (κ2) is 5.12. The van der Waals surface area contributed by atoms with Gasteiger partial charge in [0.15, 0.2) is 0 Å². The minimum absolute atomic E-state index is 0.0118. The fourth-order valence-corrected chi connectivity index (χ4v) is 3.12. The standard InChI is InChI=1S/C14H17ClN2O2/c15-11-6-12-9(5-13(18)17-12)4-10(11)14(16)8-2-1-3-19-7-8/h4,6,8,14H,1-3,5,7,16H2,(H,17,18). The third-order valence-corrected chi connectivity index (χ3v) is 4.24. The lowest BCUT2D eigenvalue weighted by molar-refractivity contribution is -0.115. The average Bonchev–Trinajstić information content (AvgIpc) is 2.77. The van der Waals surface area contributed by atoms with Crippen molar-refractivity contribution in [2.45, 2.75) is 25.3 Å². The van der Waals surface area contributed by atoms with Gasteiger partial charge in [0.1, 0.15) is 0 Å². The number of carbonyl (C=O) groups excluding carboxylic acids is 1. The molecule has 0 saturated carbocycles. The summed E-state index contributed by atoms with van der Waals surface area (Å²) in [6.45, 7) is 1.51. The third kappa shape index (κ3) is 2.48. The van der Waals surface area contributed by atoms with Crippen molar-refractivity contribution in [3.8, 4) is 0 Å². The van der Waals surface area contributed by atoms with Crippen LogP contribution in [0.15, 0.2) is 12.1 Å². The van der Waals surface area contributed by atoms with E-state index in [1.165, 1.54) is 0 Å². The van der Waals surface area contributed by atoms with Crippen LogP contribution in [0.25, 0.3) is 0 Å². The first-order valence-corrected chi connectivity index (χ1v) is 6.98. The van der Waals surface area contributed by atoms with Gasteiger partial charge in [-0.05, 0) is 30.0 Å². The van der Waals surface area contributed by atoms with Gasteiger partial charge < -0.3 is 15.8 Å². The van der Waals surface area contributed by atoms with Crippen molar-refractivity contribution in [3.05, 3.63) is 28.3 Å². The molecule has 1 saturated heterocycles. The van der Waals surface area contributed by atoms with Crippen molar-refractivity contribution < 1.29 is 9.53 Å². The predicted octanol–water partition coefficient (Wildman–Crippen LogP) is 2.26. The molecule has 3 N–H and O–H groups in total. The molecule has 1 amide bonds. The van der Waals surface area contributed by atoms with E-state index in [1.54, 1.807) is 6.07 Å². The molecule has 0 aliphatic carbocycles. The molecule has 1 aromatic carbocycles. The summed E-state index contributed by atoms with van der Waals surface area (Å²) in [5, 5.41) is 3.42. The minimum atomic E-state index is -0.131. The van der Waals surface area contributed by atoms with Crippen LogP contribution in [0.1, 0.15) is 30.0 Å². The molecule has 1 fully saturated rings. The second-order valence-electron chi connectivity index (χ2n) is 5.26. The van der Waals surface area contributed by atoms with Crippen LogP contribution >= 0.6 is 11.6 Å². The number of rotatable bonds is 2. The van der Waals surface area contributed by atoms with Crippen molar-refractivity contribution in [2.24, 2.45) is 11.7 Å². The van der Waals surface area contributed by atoms with Gasteiger partial charge in [0.25, 0.3) is 0 Å². The van der Waals surface area contributed by atoms with Crippen molar-refractivity contribution in [3.63, 3.8) is 0 Å². The number of nitrogens with two attached hydrogens (primary N) is 1. The zero-order chi connectivity index (χ0) is 13.4. The van der Waals surface area contributed by atoms with E-state index in [1.807, 2.05) is 6.07 Å². The fourth-order valence-electron chi connectivity index (χ4n) is 2.83. The Morgan fingerprint density at radius 3 is 3.05 bits per heavy atom. The molecule has 0 spiro atoms. The first kappa shape index (κ1) is 12.9. The zero-order valence-electron chi connectivity index (χ0n) is 10.6. The molecular weight excluding hydrogens is 264 g/mol. The highest BCUT2D eigenvalue weighted by atomic mass is 35.5. The van der Waals surface area contributed by atoms with E-state index in [-0.39, 0.29) is 11.9 Å². The summed E-state index contributed by atoms with van der Waals surface area (Å²) in [5.41, 5.74) is 9.05. The van der Waals surface area contributed by atoms with E-state index in [4.69, 9.17) is 22.1 Å². The Kier molecular flexibility index (Phi) is 3.48. The van der Waals surface area contributed by atoms with Gasteiger partial charge in [0, 0.05) is 29.3 Å². The van der Waals surface area contributed by atoms with Crippen LogP contribution in [0.2, 0.25) is 5.02 Å². The zero-order valence-corrected chi connectivity index (χ0v) is 11.4. The molecule has 102 valence electrons. The molecule has 0 aromatic heterocycles. The Bertz CT molecular complexity index is 512. The lowest BCUT2D eigenvalue weighted by atomic mass is 9.88. The van der Waals surface area contributed by atoms with Crippen LogP contribution in [0.4, 0.5) is 5.69 Å². The van der Waals surface area contributed by atoms with E-state index < -0.39 is 0 Å². The lowest BCUT2D eigenvalue weighted by Crippen LogP contribution is -2.29. The summed E-state index contributed by atoms with van der Waals surface area (Å²) < 4.78 is 5.48. The third-order valence-electron chi connectivity index (χ3n) is 3.91. The molecule has 3 rings (SSSR count). The molecule has 2 aliphatic heterocycles. The second-order valence-corrected chi connectivity index (χ2v) is 5.67. The van der Waals surface area contributed by atoms with Crippen molar-refractivity contribution >= 4 is 23.2 Å². The SMILES string of the molecule is NC(c1cc2c(cc1Cl)NC(=O)C2)C1CCCOC1. The summed E-state index contributed by atoms with van der Waals surface area (Å²) >= 11 is 6.30. The van der Waals surface area contributed by atoms with Crippen LogP contribution in [0.3, 0.4) is 0 Å². The number of fused-ring (bicyclic) bond motifs is 1. The highest BCUT2D eigenvalue weighted by molar-refractivity contribution is 6.32. The first-order valence-electron chi connectivity index (χ1n) is 6.60. The number of benzene rings is 1. The molecule has 2 unspecified atom stereocenters. The normalized spacial score (nSPS) is 23.9. The molecule has 5 heteroatoms. The topological polar surface area (TPSA) is 64.3 Å². The first-order chi connectivity index (χ1) is 9.15. The summed E-state index contributed by atoms with van der Waals surface area (Å²) in [6, 6.07) is 3.64. The van der Waals surface area contributed by atoms with E-state index >= 15 is 0 Å². The minimum Gasteiger partial charge on any atom is -0.381 e. The molecule has 1 aromatic rings. The maximum atomic E-state index is 11.4.